The Balaban J connectivity index is 1.75. The van der Waals surface area contributed by atoms with E-state index < -0.39 is 0 Å². The van der Waals surface area contributed by atoms with Gasteiger partial charge in [-0.1, -0.05) is 30.3 Å². The third-order valence-electron chi connectivity index (χ3n) is 5.68. The Morgan fingerprint density at radius 1 is 0.879 bits per heavy atom. The smallest absolute Gasteiger partial charge is 0.162 e. The Morgan fingerprint density at radius 2 is 1.58 bits per heavy atom. The molecule has 2 atom stereocenters. The lowest BCUT2D eigenvalue weighted by Gasteiger charge is -2.31. The van der Waals surface area contributed by atoms with Crippen LogP contribution in [0.2, 0.25) is 0 Å². The van der Waals surface area contributed by atoms with Gasteiger partial charge in [-0.05, 0) is 55.8 Å². The number of nitrogens with one attached hydrogen (secondary N) is 1. The average molecular weight is 447 g/mol. The first-order chi connectivity index (χ1) is 16.1. The molecule has 0 aliphatic carbocycles. The van der Waals surface area contributed by atoms with E-state index in [1.165, 1.54) is 0 Å². The van der Waals surface area contributed by atoms with Crippen molar-refractivity contribution in [3.05, 3.63) is 83.4 Å². The van der Waals surface area contributed by atoms with E-state index in [2.05, 4.69) is 5.32 Å². The molecule has 0 saturated heterocycles. The highest BCUT2D eigenvalue weighted by Crippen LogP contribution is 2.40. The van der Waals surface area contributed by atoms with Crippen molar-refractivity contribution in [3.8, 4) is 23.0 Å². The van der Waals surface area contributed by atoms with E-state index in [0.717, 1.165) is 33.9 Å². The van der Waals surface area contributed by atoms with E-state index in [9.17, 15) is 5.11 Å². The first-order valence-corrected chi connectivity index (χ1v) is 11.3. The zero-order valence-electron chi connectivity index (χ0n) is 19.2. The monoisotopic (exact) mass is 446 g/mol. The second kappa shape index (κ2) is 10.4. The summed E-state index contributed by atoms with van der Waals surface area (Å²) >= 11 is 0. The van der Waals surface area contributed by atoms with Gasteiger partial charge in [0.15, 0.2) is 11.5 Å². The molecule has 1 aliphatic heterocycles. The minimum absolute atomic E-state index is 0.156. The Bertz CT molecular complexity index is 1110. The molecule has 3 aromatic rings. The van der Waals surface area contributed by atoms with E-state index in [1.54, 1.807) is 13.2 Å². The largest absolute Gasteiger partial charge is 0.504 e. The highest BCUT2D eigenvalue weighted by molar-refractivity contribution is 6.01. The van der Waals surface area contributed by atoms with Gasteiger partial charge < -0.3 is 19.3 Å². The van der Waals surface area contributed by atoms with Crippen molar-refractivity contribution in [2.45, 2.75) is 32.5 Å². The average Bonchev–Trinajstić information content (AvgIpc) is 2.86. The number of benzene rings is 3. The van der Waals surface area contributed by atoms with Gasteiger partial charge in [-0.3, -0.25) is 10.3 Å². The van der Waals surface area contributed by atoms with Crippen LogP contribution in [0.4, 0.5) is 0 Å². The zero-order chi connectivity index (χ0) is 23.2. The molecule has 2 N–H and O–H groups in total. The van der Waals surface area contributed by atoms with Crippen molar-refractivity contribution in [2.24, 2.45) is 4.99 Å². The van der Waals surface area contributed by atoms with E-state index in [1.807, 2.05) is 74.5 Å². The fraction of sp³-hybridized carbons (Fsp3) is 0.296. The maximum absolute atomic E-state index is 10.9. The van der Waals surface area contributed by atoms with Crippen LogP contribution in [0.5, 0.6) is 23.0 Å². The summed E-state index contributed by atoms with van der Waals surface area (Å²) in [6, 6.07) is 21.3. The number of hydrogen-bond donors (Lipinski definition) is 2. The zero-order valence-corrected chi connectivity index (χ0v) is 19.2. The Labute approximate surface area is 194 Å². The van der Waals surface area contributed by atoms with Crippen molar-refractivity contribution < 1.29 is 19.3 Å². The van der Waals surface area contributed by atoms with Crippen molar-refractivity contribution >= 4 is 5.71 Å². The van der Waals surface area contributed by atoms with Gasteiger partial charge in [0.25, 0.3) is 0 Å². The molecule has 1 aliphatic rings. The minimum atomic E-state index is -0.336. The fourth-order valence-electron chi connectivity index (χ4n) is 4.14. The number of methoxy groups -OCH3 is 1. The molecule has 2 unspecified atom stereocenters. The highest BCUT2D eigenvalue weighted by atomic mass is 16.5. The van der Waals surface area contributed by atoms with Gasteiger partial charge in [-0.2, -0.15) is 0 Å². The Hall–Kier alpha value is -3.51. The number of para-hydroxylation sites is 2. The lowest BCUT2D eigenvalue weighted by atomic mass is 9.93. The van der Waals surface area contributed by atoms with Crippen molar-refractivity contribution in [3.63, 3.8) is 0 Å². The van der Waals surface area contributed by atoms with Crippen LogP contribution in [0.3, 0.4) is 0 Å². The number of phenolic OH excluding ortho intramolecular Hbond substituents is 1. The number of ether oxygens (including phenoxy) is 3. The number of rotatable bonds is 8. The van der Waals surface area contributed by atoms with Crippen LogP contribution >= 0.6 is 0 Å². The molecule has 0 amide bonds. The van der Waals surface area contributed by atoms with Gasteiger partial charge in [0.2, 0.25) is 0 Å². The normalized spacial score (nSPS) is 17.8. The van der Waals surface area contributed by atoms with E-state index in [0.29, 0.717) is 25.4 Å². The van der Waals surface area contributed by atoms with Crippen molar-refractivity contribution in [1.29, 1.82) is 0 Å². The molecule has 0 fully saturated rings. The summed E-state index contributed by atoms with van der Waals surface area (Å²) in [4.78, 5) is 5.04. The molecule has 0 radical (unpaired) electrons. The number of aliphatic imine (C=N–C) groups is 1. The van der Waals surface area contributed by atoms with Crippen LogP contribution < -0.4 is 19.5 Å². The van der Waals surface area contributed by atoms with Crippen molar-refractivity contribution in [1.82, 2.24) is 5.32 Å². The lowest BCUT2D eigenvalue weighted by Crippen LogP contribution is -2.33. The van der Waals surface area contributed by atoms with Gasteiger partial charge in [0.05, 0.1) is 20.3 Å². The van der Waals surface area contributed by atoms with Crippen LogP contribution in [-0.2, 0) is 0 Å². The quantitative estimate of drug-likeness (QED) is 0.483. The summed E-state index contributed by atoms with van der Waals surface area (Å²) < 4.78 is 16.8. The van der Waals surface area contributed by atoms with Gasteiger partial charge in [-0.25, -0.2) is 0 Å². The molecule has 1 heterocycles. The fourth-order valence-corrected chi connectivity index (χ4v) is 4.14. The summed E-state index contributed by atoms with van der Waals surface area (Å²) in [7, 11) is 1.66. The summed E-state index contributed by atoms with van der Waals surface area (Å²) in [5.74, 6) is 2.23. The number of aromatic hydroxyl groups is 1. The molecule has 4 rings (SSSR count). The van der Waals surface area contributed by atoms with Gasteiger partial charge in [0.1, 0.15) is 17.7 Å². The van der Waals surface area contributed by atoms with Crippen molar-refractivity contribution in [2.75, 3.05) is 20.3 Å². The molecule has 0 bridgehead atoms. The molecule has 0 aromatic heterocycles. The Morgan fingerprint density at radius 3 is 2.30 bits per heavy atom. The second-order valence-corrected chi connectivity index (χ2v) is 7.73. The van der Waals surface area contributed by atoms with Gasteiger partial charge in [0, 0.05) is 29.3 Å². The molecule has 0 spiro atoms. The second-order valence-electron chi connectivity index (χ2n) is 7.73. The van der Waals surface area contributed by atoms with E-state index >= 15 is 0 Å². The predicted octanol–water partition coefficient (Wildman–Crippen LogP) is 5.42. The minimum Gasteiger partial charge on any atom is -0.504 e. The molecule has 0 saturated carbocycles. The third-order valence-corrected chi connectivity index (χ3v) is 5.68. The maximum atomic E-state index is 10.9. The van der Waals surface area contributed by atoms with Crippen LogP contribution in [0, 0.1) is 0 Å². The van der Waals surface area contributed by atoms with Crippen LogP contribution in [-0.4, -0.2) is 31.1 Å². The van der Waals surface area contributed by atoms with Gasteiger partial charge in [-0.15, -0.1) is 0 Å². The van der Waals surface area contributed by atoms with Gasteiger partial charge >= 0.3 is 0 Å². The first kappa shape index (κ1) is 22.7. The molecular weight excluding hydrogens is 416 g/mol. The maximum Gasteiger partial charge on any atom is 0.162 e. The number of hydrogen-bond acceptors (Lipinski definition) is 6. The molecule has 3 aromatic carbocycles. The first-order valence-electron chi connectivity index (χ1n) is 11.3. The van der Waals surface area contributed by atoms with Crippen LogP contribution in [0.25, 0.3) is 0 Å². The molecular formula is C27H30N2O4. The highest BCUT2D eigenvalue weighted by Gasteiger charge is 2.29. The third kappa shape index (κ3) is 4.96. The van der Waals surface area contributed by atoms with E-state index in [4.69, 9.17) is 19.2 Å². The Kier molecular flexibility index (Phi) is 7.15. The summed E-state index contributed by atoms with van der Waals surface area (Å²) in [6.45, 7) is 4.98. The summed E-state index contributed by atoms with van der Waals surface area (Å²) in [5, 5.41) is 14.5. The predicted molar refractivity (Wildman–Crippen MR) is 130 cm³/mol. The molecule has 6 nitrogen and oxygen atoms in total. The van der Waals surface area contributed by atoms with Crippen LogP contribution in [0.15, 0.2) is 71.7 Å². The standard InChI is InChI=1S/C27H30N2O4/c1-4-32-19-15-13-18(14-16-19)22-17-23(20-10-8-12-25(26(20)30)33-5-2)29-27(28-22)21-9-6-7-11-24(21)31-3/h6-16,23,27,29-30H,4-5,17H2,1-3H3. The summed E-state index contributed by atoms with van der Waals surface area (Å²) in [6.07, 6.45) is 0.277. The molecule has 172 valence electrons. The SMILES string of the molecule is CCOc1ccc(C2=NC(c3ccccc3OC)NC(c3cccc(OCC)c3O)C2)cc1. The number of phenols is 1. The lowest BCUT2D eigenvalue weighted by molar-refractivity contribution is 0.313. The van der Waals surface area contributed by atoms with E-state index in [-0.39, 0.29) is 18.0 Å². The van der Waals surface area contributed by atoms with Crippen LogP contribution in [0.1, 0.15) is 49.2 Å². The summed E-state index contributed by atoms with van der Waals surface area (Å²) in [5.41, 5.74) is 3.68. The molecule has 33 heavy (non-hydrogen) atoms. The molecule has 6 heteroatoms. The topological polar surface area (TPSA) is 72.3 Å². The number of nitrogens with zero attached hydrogens (tertiary/aromatic N) is 1.